The normalized spacial score (nSPS) is 8.83. The Bertz CT molecular complexity index is 110. The summed E-state index contributed by atoms with van der Waals surface area (Å²) in [5, 5.41) is 2.74. The molecular weight excluding hydrogens is 382 g/mol. The highest BCUT2D eigenvalue weighted by molar-refractivity contribution is 15.0. The molecule has 0 saturated heterocycles. The van der Waals surface area contributed by atoms with Gasteiger partial charge in [-0.05, 0) is 27.1 Å². The molecule has 0 aliphatic rings. The highest BCUT2D eigenvalue weighted by Crippen LogP contribution is 1.89. The van der Waals surface area contributed by atoms with Gasteiger partial charge in [-0.15, -0.1) is 0 Å². The smallest absolute Gasteiger partial charge is 0.216 e. The third kappa shape index (κ3) is 17.1. The lowest BCUT2D eigenvalue weighted by Gasteiger charge is -2.08. The average molecular weight is 398 g/mol. The average Bonchev–Trinajstić information content (AvgIpc) is 2.02. The van der Waals surface area contributed by atoms with Gasteiger partial charge in [0, 0.05) is 50.7 Å². The lowest BCUT2D eigenvalue weighted by molar-refractivity contribution is -0.118. The Morgan fingerprint density at radius 3 is 2.25 bits per heavy atom. The van der Waals surface area contributed by atoms with E-state index in [1.165, 1.54) is 6.92 Å². The predicted molar refractivity (Wildman–Crippen MR) is 69.9 cm³/mol. The lowest BCUT2D eigenvalue weighted by Crippen LogP contribution is -2.24. The summed E-state index contributed by atoms with van der Waals surface area (Å²) in [4.78, 5) is 12.5. The van der Waals surface area contributed by atoms with Crippen molar-refractivity contribution in [2.75, 3.05) is 27.2 Å². The molecule has 0 spiro atoms. The summed E-state index contributed by atoms with van der Waals surface area (Å²) in [6, 6.07) is 0. The molecule has 0 saturated carbocycles. The number of halogens is 2. The molecular formula is C7H16I2N2O. The van der Waals surface area contributed by atoms with E-state index < -0.39 is 0 Å². The van der Waals surface area contributed by atoms with Gasteiger partial charge in [0.05, 0.1) is 0 Å². The van der Waals surface area contributed by atoms with Crippen LogP contribution in [0.15, 0.2) is 0 Å². The highest BCUT2D eigenvalue weighted by atomic mass is 128. The van der Waals surface area contributed by atoms with Crippen LogP contribution in [0.25, 0.3) is 0 Å². The molecule has 0 fully saturated rings. The van der Waals surface area contributed by atoms with Gasteiger partial charge in [-0.2, -0.15) is 0 Å². The van der Waals surface area contributed by atoms with E-state index in [0.717, 1.165) is 19.5 Å². The van der Waals surface area contributed by atoms with Crippen molar-refractivity contribution in [1.82, 2.24) is 10.2 Å². The number of nitrogens with one attached hydrogen (secondary N) is 1. The minimum absolute atomic E-state index is 0.0544. The molecule has 0 radical (unpaired) electrons. The van der Waals surface area contributed by atoms with Crippen LogP contribution in [0.1, 0.15) is 13.3 Å². The highest BCUT2D eigenvalue weighted by Gasteiger charge is 1.91. The maximum atomic E-state index is 10.4. The molecule has 0 atom stereocenters. The number of rotatable bonds is 4. The molecule has 1 amide bonds. The third-order valence-electron chi connectivity index (χ3n) is 1.16. The third-order valence-corrected chi connectivity index (χ3v) is 1.16. The first-order valence-electron chi connectivity index (χ1n) is 3.66. The molecule has 0 aliphatic heterocycles. The van der Waals surface area contributed by atoms with Crippen molar-refractivity contribution in [3.05, 3.63) is 0 Å². The van der Waals surface area contributed by atoms with E-state index in [0.29, 0.717) is 0 Å². The summed E-state index contributed by atoms with van der Waals surface area (Å²) >= 11 is 4.24. The Kier molecular flexibility index (Phi) is 15.2. The number of carbonyl (C=O) groups is 1. The summed E-state index contributed by atoms with van der Waals surface area (Å²) in [5.74, 6) is 0.0544. The lowest BCUT2D eigenvalue weighted by atomic mass is 10.4. The second kappa shape index (κ2) is 11.9. The van der Waals surface area contributed by atoms with Gasteiger partial charge < -0.3 is 10.2 Å². The number of amides is 1. The van der Waals surface area contributed by atoms with Crippen molar-refractivity contribution in [3.8, 4) is 0 Å². The quantitative estimate of drug-likeness (QED) is 0.580. The van der Waals surface area contributed by atoms with Crippen LogP contribution in [0.3, 0.4) is 0 Å². The number of hydrogen-bond donors (Lipinski definition) is 1. The van der Waals surface area contributed by atoms with Crippen molar-refractivity contribution in [1.29, 1.82) is 0 Å². The summed E-state index contributed by atoms with van der Waals surface area (Å²) in [6.07, 6.45) is 1.02. The van der Waals surface area contributed by atoms with Crippen LogP contribution in [0.5, 0.6) is 0 Å². The first kappa shape index (κ1) is 15.4. The Morgan fingerprint density at radius 2 is 1.92 bits per heavy atom. The molecule has 0 unspecified atom stereocenters. The fourth-order valence-electron chi connectivity index (χ4n) is 0.660. The topological polar surface area (TPSA) is 32.3 Å². The van der Waals surface area contributed by atoms with Gasteiger partial charge in [-0.1, -0.05) is 0 Å². The van der Waals surface area contributed by atoms with Gasteiger partial charge in [0.2, 0.25) is 5.91 Å². The molecule has 5 heteroatoms. The van der Waals surface area contributed by atoms with Gasteiger partial charge in [-0.25, -0.2) is 0 Å². The van der Waals surface area contributed by atoms with Crippen LogP contribution >= 0.6 is 37.2 Å². The number of nitrogens with zero attached hydrogens (tertiary/aromatic N) is 1. The molecule has 74 valence electrons. The summed E-state index contributed by atoms with van der Waals surface area (Å²) in [6.45, 7) is 3.35. The van der Waals surface area contributed by atoms with Crippen molar-refractivity contribution in [3.63, 3.8) is 0 Å². The molecule has 0 aromatic heterocycles. The maximum Gasteiger partial charge on any atom is 0.216 e. The van der Waals surface area contributed by atoms with E-state index in [-0.39, 0.29) is 5.91 Å². The van der Waals surface area contributed by atoms with Gasteiger partial charge in [-0.3, -0.25) is 4.79 Å². The van der Waals surface area contributed by atoms with E-state index in [1.807, 2.05) is 14.1 Å². The summed E-state index contributed by atoms with van der Waals surface area (Å²) in [7, 11) is 4.04. The standard InChI is InChI=1S/C7H16N2O.I2/c1-7(10)8-5-4-6-9(2)3;1-2/h4-6H2,1-3H3,(H,8,10);. The van der Waals surface area contributed by atoms with Crippen LogP contribution in [-0.4, -0.2) is 38.0 Å². The fraction of sp³-hybridized carbons (Fsp3) is 0.857. The monoisotopic (exact) mass is 398 g/mol. The summed E-state index contributed by atoms with van der Waals surface area (Å²) in [5.41, 5.74) is 0. The van der Waals surface area contributed by atoms with Crippen molar-refractivity contribution in [2.45, 2.75) is 13.3 Å². The zero-order chi connectivity index (χ0) is 9.98. The Balaban J connectivity index is 0. The van der Waals surface area contributed by atoms with Crippen LogP contribution in [-0.2, 0) is 4.79 Å². The van der Waals surface area contributed by atoms with Crippen LogP contribution in [0, 0.1) is 0 Å². The predicted octanol–water partition coefficient (Wildman–Crippen LogP) is 1.85. The second-order valence-electron chi connectivity index (χ2n) is 2.64. The van der Waals surface area contributed by atoms with Crippen LogP contribution in [0.4, 0.5) is 0 Å². The Hall–Kier alpha value is 0.890. The second-order valence-corrected chi connectivity index (χ2v) is 2.64. The van der Waals surface area contributed by atoms with E-state index in [2.05, 4.69) is 47.4 Å². The molecule has 12 heavy (non-hydrogen) atoms. The minimum atomic E-state index is 0.0544. The summed E-state index contributed by atoms with van der Waals surface area (Å²) < 4.78 is 0. The maximum absolute atomic E-state index is 10.4. The largest absolute Gasteiger partial charge is 0.356 e. The molecule has 0 rings (SSSR count). The van der Waals surface area contributed by atoms with Crippen molar-refractivity contribution in [2.24, 2.45) is 0 Å². The number of carbonyl (C=O) groups excluding carboxylic acids is 1. The molecule has 0 heterocycles. The first-order valence-corrected chi connectivity index (χ1v) is 9.95. The van der Waals surface area contributed by atoms with Crippen LogP contribution < -0.4 is 5.32 Å². The molecule has 1 N–H and O–H groups in total. The Morgan fingerprint density at radius 1 is 1.42 bits per heavy atom. The van der Waals surface area contributed by atoms with Gasteiger partial charge in [0.1, 0.15) is 0 Å². The van der Waals surface area contributed by atoms with E-state index in [1.54, 1.807) is 0 Å². The first-order chi connectivity index (χ1) is 5.63. The van der Waals surface area contributed by atoms with Crippen molar-refractivity contribution < 1.29 is 4.79 Å². The zero-order valence-electron chi connectivity index (χ0n) is 7.73. The van der Waals surface area contributed by atoms with Crippen LogP contribution in [0.2, 0.25) is 0 Å². The van der Waals surface area contributed by atoms with Crippen molar-refractivity contribution >= 4 is 43.1 Å². The Labute approximate surface area is 98.0 Å². The molecule has 0 bridgehead atoms. The molecule has 0 aromatic carbocycles. The van der Waals surface area contributed by atoms with E-state index in [9.17, 15) is 4.79 Å². The molecule has 3 nitrogen and oxygen atoms in total. The minimum Gasteiger partial charge on any atom is -0.356 e. The molecule has 0 aromatic rings. The van der Waals surface area contributed by atoms with E-state index >= 15 is 0 Å². The fourth-order valence-corrected chi connectivity index (χ4v) is 0.660. The SMILES string of the molecule is CC(=O)NCCCN(C)C.II. The van der Waals surface area contributed by atoms with Gasteiger partial charge >= 0.3 is 0 Å². The van der Waals surface area contributed by atoms with Gasteiger partial charge in [0.15, 0.2) is 0 Å². The van der Waals surface area contributed by atoms with E-state index in [4.69, 9.17) is 0 Å². The van der Waals surface area contributed by atoms with Gasteiger partial charge in [0.25, 0.3) is 0 Å². The zero-order valence-corrected chi connectivity index (χ0v) is 12.0. The molecule has 0 aliphatic carbocycles. The number of hydrogen-bond acceptors (Lipinski definition) is 2.